The number of hydrogen-bond donors (Lipinski definition) is 1. The molecule has 1 atom stereocenters. The van der Waals surface area contributed by atoms with E-state index in [4.69, 9.17) is 20.8 Å². The van der Waals surface area contributed by atoms with Gasteiger partial charge in [-0.15, -0.1) is 0 Å². The molecule has 1 fully saturated rings. The van der Waals surface area contributed by atoms with Crippen LogP contribution in [0.5, 0.6) is 0 Å². The topological polar surface area (TPSA) is 88.9 Å². The number of benzene rings is 2. The molecular formula is C23H23ClN2O5S. The summed E-state index contributed by atoms with van der Waals surface area (Å²) in [7, 11) is -3.89. The molecule has 1 aromatic heterocycles. The number of carbonyl (C=O) groups is 1. The van der Waals surface area contributed by atoms with E-state index in [-0.39, 0.29) is 21.8 Å². The van der Waals surface area contributed by atoms with Crippen molar-refractivity contribution in [1.82, 2.24) is 10.2 Å². The minimum atomic E-state index is -3.89. The molecule has 1 amide bonds. The Morgan fingerprint density at radius 1 is 1.00 bits per heavy atom. The summed E-state index contributed by atoms with van der Waals surface area (Å²) < 4.78 is 36.4. The van der Waals surface area contributed by atoms with E-state index in [0.29, 0.717) is 24.8 Å². The lowest BCUT2D eigenvalue weighted by molar-refractivity contribution is 0.0161. The number of halogens is 1. The Bertz CT molecular complexity index is 1160. The maximum Gasteiger partial charge on any atom is 0.287 e. The average Bonchev–Trinajstić information content (AvgIpc) is 3.32. The third kappa shape index (κ3) is 5.05. The highest BCUT2D eigenvalue weighted by Gasteiger charge is 2.26. The zero-order valence-electron chi connectivity index (χ0n) is 17.2. The molecule has 0 aliphatic carbocycles. The highest BCUT2D eigenvalue weighted by atomic mass is 35.5. The first-order valence-electron chi connectivity index (χ1n) is 10.2. The highest BCUT2D eigenvalue weighted by Crippen LogP contribution is 2.25. The molecule has 0 spiro atoms. The van der Waals surface area contributed by atoms with Crippen molar-refractivity contribution >= 4 is 27.3 Å². The number of ether oxygens (including phenoxy) is 1. The van der Waals surface area contributed by atoms with Crippen molar-refractivity contribution in [2.45, 2.75) is 16.0 Å². The van der Waals surface area contributed by atoms with Crippen LogP contribution in [0.1, 0.15) is 22.2 Å². The average molecular weight is 475 g/mol. The van der Waals surface area contributed by atoms with Crippen molar-refractivity contribution in [2.75, 3.05) is 32.8 Å². The summed E-state index contributed by atoms with van der Waals surface area (Å²) in [5.74, 6) is -0.539. The molecule has 3 aromatic rings. The van der Waals surface area contributed by atoms with Gasteiger partial charge in [-0.3, -0.25) is 9.69 Å². The lowest BCUT2D eigenvalue weighted by Crippen LogP contribution is -2.43. The van der Waals surface area contributed by atoms with Gasteiger partial charge < -0.3 is 14.5 Å². The summed E-state index contributed by atoms with van der Waals surface area (Å²) in [6.07, 6.45) is 0. The monoisotopic (exact) mass is 474 g/mol. The molecule has 9 heteroatoms. The van der Waals surface area contributed by atoms with E-state index < -0.39 is 15.7 Å². The lowest BCUT2D eigenvalue weighted by atomic mass is 10.0. The van der Waals surface area contributed by atoms with Gasteiger partial charge in [0.15, 0.2) is 5.76 Å². The van der Waals surface area contributed by atoms with Crippen LogP contribution >= 0.6 is 11.6 Å². The van der Waals surface area contributed by atoms with Gasteiger partial charge in [-0.1, -0.05) is 41.9 Å². The third-order valence-electron chi connectivity index (χ3n) is 5.32. The van der Waals surface area contributed by atoms with Crippen LogP contribution in [0.2, 0.25) is 5.02 Å². The van der Waals surface area contributed by atoms with Crippen molar-refractivity contribution in [3.63, 3.8) is 0 Å². The van der Waals surface area contributed by atoms with Crippen LogP contribution in [-0.4, -0.2) is 52.1 Å². The Balaban J connectivity index is 1.47. The van der Waals surface area contributed by atoms with E-state index >= 15 is 0 Å². The molecule has 1 aliphatic rings. The van der Waals surface area contributed by atoms with Gasteiger partial charge in [0, 0.05) is 24.7 Å². The molecule has 7 nitrogen and oxygen atoms in total. The van der Waals surface area contributed by atoms with Crippen LogP contribution in [0.15, 0.2) is 81.1 Å². The van der Waals surface area contributed by atoms with Gasteiger partial charge in [0.25, 0.3) is 5.91 Å². The minimum absolute atomic E-state index is 0.0312. The van der Waals surface area contributed by atoms with Gasteiger partial charge in [0.05, 0.1) is 24.2 Å². The second-order valence-corrected chi connectivity index (χ2v) is 9.68. The number of furan rings is 1. The smallest absolute Gasteiger partial charge is 0.287 e. The zero-order valence-corrected chi connectivity index (χ0v) is 18.8. The fourth-order valence-electron chi connectivity index (χ4n) is 3.62. The number of rotatable bonds is 7. The predicted molar refractivity (Wildman–Crippen MR) is 120 cm³/mol. The quantitative estimate of drug-likeness (QED) is 0.563. The summed E-state index contributed by atoms with van der Waals surface area (Å²) >= 11 is 5.83. The molecule has 1 unspecified atom stereocenters. The molecule has 32 heavy (non-hydrogen) atoms. The van der Waals surface area contributed by atoms with Crippen LogP contribution in [0, 0.1) is 0 Å². The number of sulfone groups is 1. The maximum absolute atomic E-state index is 12.8. The molecule has 2 heterocycles. The summed E-state index contributed by atoms with van der Waals surface area (Å²) in [5, 5.41) is 3.01. The van der Waals surface area contributed by atoms with Crippen LogP contribution in [-0.2, 0) is 14.6 Å². The number of morpholine rings is 1. The van der Waals surface area contributed by atoms with E-state index in [1.807, 2.05) is 30.3 Å². The van der Waals surface area contributed by atoms with Crippen LogP contribution in [0.3, 0.4) is 0 Å². The molecule has 0 bridgehead atoms. The van der Waals surface area contributed by atoms with Gasteiger partial charge in [-0.05, 0) is 42.0 Å². The Morgan fingerprint density at radius 2 is 1.69 bits per heavy atom. The van der Waals surface area contributed by atoms with Gasteiger partial charge in [-0.2, -0.15) is 0 Å². The van der Waals surface area contributed by atoms with Crippen molar-refractivity contribution < 1.29 is 22.4 Å². The Hall–Kier alpha value is -2.65. The van der Waals surface area contributed by atoms with Gasteiger partial charge in [0.1, 0.15) is 0 Å². The zero-order chi connectivity index (χ0) is 22.6. The van der Waals surface area contributed by atoms with Crippen LogP contribution < -0.4 is 5.32 Å². The van der Waals surface area contributed by atoms with Gasteiger partial charge in [0.2, 0.25) is 14.9 Å². The van der Waals surface area contributed by atoms with E-state index in [1.54, 1.807) is 0 Å². The first-order chi connectivity index (χ1) is 15.4. The number of amides is 1. The Labute approximate surface area is 191 Å². The van der Waals surface area contributed by atoms with Crippen molar-refractivity contribution in [3.8, 4) is 0 Å². The molecule has 0 saturated carbocycles. The fourth-order valence-corrected chi connectivity index (χ4v) is 4.91. The fraction of sp³-hybridized carbons (Fsp3) is 0.261. The van der Waals surface area contributed by atoms with E-state index in [1.165, 1.54) is 36.4 Å². The van der Waals surface area contributed by atoms with Crippen LogP contribution in [0.25, 0.3) is 0 Å². The van der Waals surface area contributed by atoms with Crippen molar-refractivity contribution in [1.29, 1.82) is 0 Å². The number of nitrogens with zero attached hydrogens (tertiary/aromatic N) is 1. The SMILES string of the molecule is O=C(NCC(c1ccccc1)N1CCOCC1)c1ccc(S(=O)(=O)c2ccc(Cl)cc2)o1. The first kappa shape index (κ1) is 22.5. The standard InChI is InChI=1S/C23H23ClN2O5S/c24-18-6-8-19(9-7-18)32(28,29)22-11-10-21(31-22)23(27)25-16-20(17-4-2-1-3-5-17)26-12-14-30-15-13-26/h1-11,20H,12-16H2,(H,25,27). The second-order valence-electron chi connectivity index (χ2n) is 7.36. The molecule has 1 N–H and O–H groups in total. The molecule has 1 aliphatic heterocycles. The Kier molecular flexibility index (Phi) is 6.95. The predicted octanol–water partition coefficient (Wildman–Crippen LogP) is 3.57. The van der Waals surface area contributed by atoms with Gasteiger partial charge >= 0.3 is 0 Å². The summed E-state index contributed by atoms with van der Waals surface area (Å²) in [6, 6.07) is 18.3. The molecule has 168 valence electrons. The lowest BCUT2D eigenvalue weighted by Gasteiger charge is -2.34. The summed E-state index contributed by atoms with van der Waals surface area (Å²) in [5.41, 5.74) is 1.08. The summed E-state index contributed by atoms with van der Waals surface area (Å²) in [6.45, 7) is 3.16. The second kappa shape index (κ2) is 9.87. The number of hydrogen-bond acceptors (Lipinski definition) is 6. The third-order valence-corrected chi connectivity index (χ3v) is 7.21. The van der Waals surface area contributed by atoms with Crippen molar-refractivity contribution in [2.24, 2.45) is 0 Å². The summed E-state index contributed by atoms with van der Waals surface area (Å²) in [4.78, 5) is 15.0. The van der Waals surface area contributed by atoms with Crippen molar-refractivity contribution in [3.05, 3.63) is 83.1 Å². The number of carbonyl (C=O) groups excluding carboxylic acids is 1. The molecule has 1 saturated heterocycles. The van der Waals surface area contributed by atoms with E-state index in [9.17, 15) is 13.2 Å². The molecule has 2 aromatic carbocycles. The van der Waals surface area contributed by atoms with E-state index in [0.717, 1.165) is 18.7 Å². The minimum Gasteiger partial charge on any atom is -0.439 e. The van der Waals surface area contributed by atoms with E-state index in [2.05, 4.69) is 10.2 Å². The Morgan fingerprint density at radius 3 is 2.38 bits per heavy atom. The molecular weight excluding hydrogens is 452 g/mol. The van der Waals surface area contributed by atoms with Crippen LogP contribution in [0.4, 0.5) is 0 Å². The highest BCUT2D eigenvalue weighted by molar-refractivity contribution is 7.91. The first-order valence-corrected chi connectivity index (χ1v) is 12.1. The molecule has 0 radical (unpaired) electrons. The maximum atomic E-state index is 12.8. The van der Waals surface area contributed by atoms with Gasteiger partial charge in [-0.25, -0.2) is 8.42 Å². The largest absolute Gasteiger partial charge is 0.439 e. The normalized spacial score (nSPS) is 15.9. The number of nitrogens with one attached hydrogen (secondary N) is 1. The molecule has 4 rings (SSSR count).